The van der Waals surface area contributed by atoms with Gasteiger partial charge in [0.15, 0.2) is 5.82 Å². The van der Waals surface area contributed by atoms with Gasteiger partial charge in [-0.1, -0.05) is 6.07 Å². The highest BCUT2D eigenvalue weighted by Crippen LogP contribution is 2.25. The fraction of sp³-hybridized carbons (Fsp3) is 0.346. The molecule has 12 heteroatoms. The predicted octanol–water partition coefficient (Wildman–Crippen LogP) is 2.10. The molecule has 3 N–H and O–H groups in total. The molecule has 0 aliphatic carbocycles. The van der Waals surface area contributed by atoms with Gasteiger partial charge in [-0.3, -0.25) is 4.79 Å². The Hall–Kier alpha value is -4.29. The lowest BCUT2D eigenvalue weighted by atomic mass is 10.1. The van der Waals surface area contributed by atoms with E-state index in [1.165, 1.54) is 0 Å². The van der Waals surface area contributed by atoms with Crippen molar-refractivity contribution in [2.75, 3.05) is 73.0 Å². The van der Waals surface area contributed by atoms with Gasteiger partial charge in [0.05, 0.1) is 26.4 Å². The number of aromatic nitrogens is 3. The number of morpholine rings is 2. The number of carbonyl (C=O) groups excluding carboxylic acids is 2. The van der Waals surface area contributed by atoms with Crippen LogP contribution in [-0.4, -0.2) is 79.5 Å². The van der Waals surface area contributed by atoms with E-state index in [0.29, 0.717) is 67.6 Å². The Bertz CT molecular complexity index is 1300. The summed E-state index contributed by atoms with van der Waals surface area (Å²) in [5.41, 5.74) is 3.47. The fourth-order valence-corrected chi connectivity index (χ4v) is 4.58. The first kappa shape index (κ1) is 24.1. The van der Waals surface area contributed by atoms with Crippen molar-refractivity contribution in [1.82, 2.24) is 20.3 Å². The number of fused-ring (bicyclic) bond motifs is 1. The molecule has 0 radical (unpaired) electrons. The quantitative estimate of drug-likeness (QED) is 0.466. The molecule has 3 aliphatic rings. The summed E-state index contributed by atoms with van der Waals surface area (Å²) in [7, 11) is 0. The second-order valence-electron chi connectivity index (χ2n) is 9.17. The van der Waals surface area contributed by atoms with E-state index in [1.807, 2.05) is 18.2 Å². The summed E-state index contributed by atoms with van der Waals surface area (Å²) < 4.78 is 11.0. The first-order valence-corrected chi connectivity index (χ1v) is 12.6. The Balaban J connectivity index is 1.18. The Kier molecular flexibility index (Phi) is 6.71. The van der Waals surface area contributed by atoms with Crippen molar-refractivity contribution in [2.24, 2.45) is 0 Å². The van der Waals surface area contributed by atoms with Crippen molar-refractivity contribution in [3.8, 4) is 11.4 Å². The highest BCUT2D eigenvalue weighted by atomic mass is 16.5. The molecule has 1 aromatic heterocycles. The third kappa shape index (κ3) is 5.22. The summed E-state index contributed by atoms with van der Waals surface area (Å²) in [5.74, 6) is 1.69. The molecular formula is C26H28N8O4. The molecule has 0 unspecified atom stereocenters. The highest BCUT2D eigenvalue weighted by Gasteiger charge is 2.22. The van der Waals surface area contributed by atoms with Gasteiger partial charge in [-0.25, -0.2) is 4.79 Å². The summed E-state index contributed by atoms with van der Waals surface area (Å²) in [6.45, 7) is 5.93. The third-order valence-electron chi connectivity index (χ3n) is 6.65. The Morgan fingerprint density at radius 2 is 1.37 bits per heavy atom. The van der Waals surface area contributed by atoms with Crippen LogP contribution in [0.15, 0.2) is 42.5 Å². The van der Waals surface area contributed by atoms with Gasteiger partial charge in [0, 0.05) is 55.2 Å². The minimum absolute atomic E-state index is 0.133. The molecular weight excluding hydrogens is 488 g/mol. The van der Waals surface area contributed by atoms with E-state index < -0.39 is 6.03 Å². The van der Waals surface area contributed by atoms with Gasteiger partial charge < -0.3 is 35.2 Å². The van der Waals surface area contributed by atoms with Crippen molar-refractivity contribution in [3.63, 3.8) is 0 Å². The van der Waals surface area contributed by atoms with E-state index in [0.717, 1.165) is 37.3 Å². The minimum Gasteiger partial charge on any atom is -0.378 e. The Morgan fingerprint density at radius 1 is 0.789 bits per heavy atom. The third-order valence-corrected chi connectivity index (χ3v) is 6.65. The van der Waals surface area contributed by atoms with E-state index in [9.17, 15) is 9.59 Å². The van der Waals surface area contributed by atoms with Crippen molar-refractivity contribution in [3.05, 3.63) is 53.6 Å². The van der Waals surface area contributed by atoms with E-state index in [1.54, 1.807) is 24.3 Å². The number of carbonyl (C=O) groups is 2. The number of ether oxygens (including phenoxy) is 2. The first-order valence-electron chi connectivity index (χ1n) is 12.6. The number of hydrogen-bond acceptors (Lipinski definition) is 9. The number of benzene rings is 2. The zero-order valence-corrected chi connectivity index (χ0v) is 20.8. The van der Waals surface area contributed by atoms with Gasteiger partial charge in [-0.05, 0) is 42.0 Å². The molecule has 0 bridgehead atoms. The van der Waals surface area contributed by atoms with Crippen LogP contribution in [0.4, 0.5) is 28.1 Å². The average Bonchev–Trinajstić information content (AvgIpc) is 3.34. The number of hydrogen-bond donors (Lipinski definition) is 3. The zero-order chi connectivity index (χ0) is 25.9. The first-order chi connectivity index (χ1) is 18.6. The van der Waals surface area contributed by atoms with Crippen LogP contribution in [0.25, 0.3) is 11.4 Å². The van der Waals surface area contributed by atoms with Gasteiger partial charge >= 0.3 is 6.03 Å². The van der Waals surface area contributed by atoms with Gasteiger partial charge in [0.25, 0.3) is 5.91 Å². The summed E-state index contributed by atoms with van der Waals surface area (Å²) in [6.07, 6.45) is 0. The molecule has 0 spiro atoms. The molecule has 3 aliphatic heterocycles. The van der Waals surface area contributed by atoms with Crippen molar-refractivity contribution in [1.29, 1.82) is 0 Å². The number of anilines is 4. The lowest BCUT2D eigenvalue weighted by Crippen LogP contribution is -2.40. The topological polar surface area (TPSA) is 134 Å². The molecule has 6 rings (SSSR count). The molecule has 38 heavy (non-hydrogen) atoms. The molecule has 2 saturated heterocycles. The largest absolute Gasteiger partial charge is 0.378 e. The van der Waals surface area contributed by atoms with Crippen LogP contribution in [0.1, 0.15) is 15.9 Å². The molecule has 0 saturated carbocycles. The fourth-order valence-electron chi connectivity index (χ4n) is 4.58. The second-order valence-corrected chi connectivity index (χ2v) is 9.17. The van der Waals surface area contributed by atoms with Crippen LogP contribution >= 0.6 is 0 Å². The molecule has 3 aromatic rings. The minimum atomic E-state index is -0.402. The second kappa shape index (κ2) is 10.6. The smallest absolute Gasteiger partial charge is 0.323 e. The Morgan fingerprint density at radius 3 is 2.00 bits per heavy atom. The number of nitrogens with one attached hydrogen (secondary N) is 3. The number of amides is 3. The standard InChI is InChI=1S/C26H28N8O4/c35-23-21-15-20(6-3-18(21)16-27-23)29-26(36)28-19-4-1-17(2-5-19)22-30-24(33-7-11-37-12-8-33)32-25(31-22)34-9-13-38-14-10-34/h1-6,15H,7-14,16H2,(H,27,35)(H2,28,29,36). The van der Waals surface area contributed by atoms with Gasteiger partial charge in [0.1, 0.15) is 0 Å². The van der Waals surface area contributed by atoms with E-state index in [4.69, 9.17) is 24.4 Å². The van der Waals surface area contributed by atoms with Gasteiger partial charge in [-0.15, -0.1) is 0 Å². The molecule has 2 fully saturated rings. The summed E-state index contributed by atoms with van der Waals surface area (Å²) in [5, 5.41) is 8.38. The van der Waals surface area contributed by atoms with Crippen molar-refractivity contribution in [2.45, 2.75) is 6.54 Å². The predicted molar refractivity (Wildman–Crippen MR) is 142 cm³/mol. The maximum absolute atomic E-state index is 12.6. The lowest BCUT2D eigenvalue weighted by molar-refractivity contribution is 0.0965. The van der Waals surface area contributed by atoms with Crippen molar-refractivity contribution < 1.29 is 19.1 Å². The van der Waals surface area contributed by atoms with Gasteiger partial charge in [-0.2, -0.15) is 15.0 Å². The SMILES string of the molecule is O=C(Nc1ccc(-c2nc(N3CCOCC3)nc(N3CCOCC3)n2)cc1)Nc1ccc2c(c1)C(=O)NC2. The molecule has 2 aromatic carbocycles. The Labute approximate surface area is 219 Å². The molecule has 12 nitrogen and oxygen atoms in total. The van der Waals surface area contributed by atoms with Crippen LogP contribution in [0.3, 0.4) is 0 Å². The number of rotatable bonds is 5. The molecule has 196 valence electrons. The molecule has 0 atom stereocenters. The summed E-state index contributed by atoms with van der Waals surface area (Å²) in [6, 6.07) is 12.2. The maximum atomic E-state index is 12.6. The summed E-state index contributed by atoms with van der Waals surface area (Å²) in [4.78, 5) is 43.0. The highest BCUT2D eigenvalue weighted by molar-refractivity contribution is 6.03. The lowest BCUT2D eigenvalue weighted by Gasteiger charge is -2.30. The van der Waals surface area contributed by atoms with Crippen molar-refractivity contribution >= 4 is 35.2 Å². The van der Waals surface area contributed by atoms with E-state index >= 15 is 0 Å². The van der Waals surface area contributed by atoms with Crippen LogP contribution < -0.4 is 25.8 Å². The number of urea groups is 1. The normalized spacial score (nSPS) is 17.1. The maximum Gasteiger partial charge on any atom is 0.323 e. The molecule has 4 heterocycles. The number of nitrogens with zero attached hydrogens (tertiary/aromatic N) is 5. The van der Waals surface area contributed by atoms with E-state index in [2.05, 4.69) is 25.8 Å². The van der Waals surface area contributed by atoms with Crippen LogP contribution in [0.5, 0.6) is 0 Å². The van der Waals surface area contributed by atoms with Crippen LogP contribution in [0.2, 0.25) is 0 Å². The van der Waals surface area contributed by atoms with Gasteiger partial charge in [0.2, 0.25) is 11.9 Å². The monoisotopic (exact) mass is 516 g/mol. The van der Waals surface area contributed by atoms with Crippen LogP contribution in [-0.2, 0) is 16.0 Å². The van der Waals surface area contributed by atoms with E-state index in [-0.39, 0.29) is 5.91 Å². The zero-order valence-electron chi connectivity index (χ0n) is 20.8. The van der Waals surface area contributed by atoms with Crippen LogP contribution in [0, 0.1) is 0 Å². The molecule has 3 amide bonds. The summed E-state index contributed by atoms with van der Waals surface area (Å²) >= 11 is 0. The average molecular weight is 517 g/mol.